The second-order valence-corrected chi connectivity index (χ2v) is 1.58. The molecule has 0 saturated heterocycles. The highest BCUT2D eigenvalue weighted by molar-refractivity contribution is 5.12. The molecule has 0 aromatic rings. The van der Waals surface area contributed by atoms with E-state index in [0.29, 0.717) is 0 Å². The molecule has 0 amide bonds. The summed E-state index contributed by atoms with van der Waals surface area (Å²) in [6.45, 7) is 0. The Morgan fingerprint density at radius 2 is 1.89 bits per heavy atom. The highest BCUT2D eigenvalue weighted by Crippen LogP contribution is 1.94. The maximum atomic E-state index is 8.55. The molecule has 5 N–H and O–H groups in total. The van der Waals surface area contributed by atoms with Gasteiger partial charge >= 0.3 is 0 Å². The highest BCUT2D eigenvalue weighted by atomic mass is 16.3. The fourth-order valence-corrected chi connectivity index (χ4v) is 0.168. The van der Waals surface area contributed by atoms with Crippen molar-refractivity contribution in [2.75, 3.05) is 0 Å². The van der Waals surface area contributed by atoms with Crippen LogP contribution in [0.4, 0.5) is 0 Å². The quantitative estimate of drug-likeness (QED) is 0.277. The number of aliphatic hydroxyl groups is 1. The third kappa shape index (κ3) is 1.67. The van der Waals surface area contributed by atoms with E-state index in [2.05, 4.69) is 0 Å². The number of aliphatic hydroxyl groups excluding tert-OH is 1. The zero-order chi connectivity index (χ0) is 7.49. The minimum absolute atomic E-state index is 1.34. The van der Waals surface area contributed by atoms with Crippen molar-refractivity contribution in [1.82, 2.24) is 0 Å². The predicted octanol–water partition coefficient (Wildman–Crippen LogP) is -1.99. The first kappa shape index (κ1) is 7.86. The van der Waals surface area contributed by atoms with E-state index in [1.165, 1.54) is 12.1 Å². The summed E-state index contributed by atoms with van der Waals surface area (Å²) in [7, 11) is 0. The van der Waals surface area contributed by atoms with Gasteiger partial charge in [0.05, 0.1) is 6.07 Å². The van der Waals surface area contributed by atoms with E-state index in [1.54, 1.807) is 0 Å². The molecule has 0 aliphatic rings. The Hall–Kier alpha value is -1.14. The van der Waals surface area contributed by atoms with Crippen LogP contribution in [0.25, 0.3) is 0 Å². The Labute approximate surface area is 52.1 Å². The van der Waals surface area contributed by atoms with Crippen molar-refractivity contribution >= 4 is 0 Å². The van der Waals surface area contributed by atoms with Gasteiger partial charge in [-0.2, -0.15) is 10.5 Å². The molecule has 0 rings (SSSR count). The van der Waals surface area contributed by atoms with E-state index in [9.17, 15) is 0 Å². The number of nitrogens with zero attached hydrogens (tertiary/aromatic N) is 2. The van der Waals surface area contributed by atoms with E-state index in [4.69, 9.17) is 27.1 Å². The molecule has 1 atom stereocenters. The van der Waals surface area contributed by atoms with Crippen LogP contribution >= 0.6 is 0 Å². The topological polar surface area (TPSA) is 120 Å². The lowest BCUT2D eigenvalue weighted by Crippen LogP contribution is -2.57. The molecule has 0 aliphatic carbocycles. The smallest absolute Gasteiger partial charge is 0.194 e. The van der Waals surface area contributed by atoms with E-state index in [-0.39, 0.29) is 0 Å². The molecule has 0 saturated carbocycles. The summed E-state index contributed by atoms with van der Waals surface area (Å²) < 4.78 is 0. The molecule has 0 aliphatic heterocycles. The Morgan fingerprint density at radius 1 is 1.44 bits per heavy atom. The summed E-state index contributed by atoms with van der Waals surface area (Å²) >= 11 is 0. The molecule has 0 fully saturated rings. The van der Waals surface area contributed by atoms with E-state index < -0.39 is 11.8 Å². The maximum Gasteiger partial charge on any atom is 0.194 e. The standard InChI is InChI=1S/C4H6N4O/c5-1-3(9)4(7,8)2-6/h3,9H,7-8H2. The summed E-state index contributed by atoms with van der Waals surface area (Å²) in [4.78, 5) is 0. The predicted molar refractivity (Wildman–Crippen MR) is 28.3 cm³/mol. The van der Waals surface area contributed by atoms with Crippen molar-refractivity contribution < 1.29 is 5.11 Å². The minimum Gasteiger partial charge on any atom is -0.374 e. The van der Waals surface area contributed by atoms with E-state index in [1.807, 2.05) is 0 Å². The average molecular weight is 126 g/mol. The first-order valence-electron chi connectivity index (χ1n) is 2.11. The van der Waals surface area contributed by atoms with Gasteiger partial charge in [0, 0.05) is 0 Å². The molecule has 5 heteroatoms. The van der Waals surface area contributed by atoms with Crippen molar-refractivity contribution in [1.29, 1.82) is 10.5 Å². The molecule has 0 heterocycles. The SMILES string of the molecule is N#CC(O)C(N)(N)C#N. The Morgan fingerprint density at radius 3 is 2.00 bits per heavy atom. The van der Waals surface area contributed by atoms with Crippen molar-refractivity contribution in [3.05, 3.63) is 0 Å². The van der Waals surface area contributed by atoms with Gasteiger partial charge < -0.3 is 5.11 Å². The Kier molecular flexibility index (Phi) is 2.12. The zero-order valence-electron chi connectivity index (χ0n) is 4.57. The second-order valence-electron chi connectivity index (χ2n) is 1.58. The van der Waals surface area contributed by atoms with Crippen LogP contribution in [-0.2, 0) is 0 Å². The van der Waals surface area contributed by atoms with Crippen LogP contribution < -0.4 is 11.5 Å². The lowest BCUT2D eigenvalue weighted by molar-refractivity contribution is 0.168. The lowest BCUT2D eigenvalue weighted by Gasteiger charge is -2.15. The van der Waals surface area contributed by atoms with Crippen LogP contribution in [0.3, 0.4) is 0 Å². The zero-order valence-corrected chi connectivity index (χ0v) is 4.57. The summed E-state index contributed by atoms with van der Waals surface area (Å²) in [6, 6.07) is 2.71. The molecular weight excluding hydrogens is 120 g/mol. The van der Waals surface area contributed by atoms with Gasteiger partial charge in [-0.3, -0.25) is 11.5 Å². The fourth-order valence-electron chi connectivity index (χ4n) is 0.168. The first-order valence-corrected chi connectivity index (χ1v) is 2.11. The van der Waals surface area contributed by atoms with Crippen LogP contribution in [0, 0.1) is 22.7 Å². The summed E-state index contributed by atoms with van der Waals surface area (Å²) in [5.74, 6) is 0. The van der Waals surface area contributed by atoms with Crippen LogP contribution in [0.5, 0.6) is 0 Å². The number of hydrogen-bond donors (Lipinski definition) is 3. The second kappa shape index (κ2) is 2.42. The van der Waals surface area contributed by atoms with Crippen LogP contribution in [0.15, 0.2) is 0 Å². The Bertz CT molecular complexity index is 174. The van der Waals surface area contributed by atoms with Crippen molar-refractivity contribution in [3.8, 4) is 12.1 Å². The first-order chi connectivity index (χ1) is 4.04. The van der Waals surface area contributed by atoms with Gasteiger partial charge in [-0.15, -0.1) is 0 Å². The van der Waals surface area contributed by atoms with Gasteiger partial charge in [-0.05, 0) is 0 Å². The Balaban J connectivity index is 4.23. The van der Waals surface area contributed by atoms with Crippen LogP contribution in [0.2, 0.25) is 0 Å². The number of nitriles is 2. The van der Waals surface area contributed by atoms with Crippen molar-refractivity contribution in [2.24, 2.45) is 11.5 Å². The molecule has 0 spiro atoms. The van der Waals surface area contributed by atoms with Gasteiger partial charge in [0.2, 0.25) is 0 Å². The number of nitrogens with two attached hydrogens (primary N) is 2. The normalized spacial score (nSPS) is 13.4. The van der Waals surface area contributed by atoms with Gasteiger partial charge in [0.1, 0.15) is 6.07 Å². The van der Waals surface area contributed by atoms with Gasteiger partial charge in [-0.1, -0.05) is 0 Å². The summed E-state index contributed by atoms with van der Waals surface area (Å²) in [5.41, 5.74) is 7.88. The summed E-state index contributed by atoms with van der Waals surface area (Å²) in [5, 5.41) is 24.6. The lowest BCUT2D eigenvalue weighted by atomic mass is 10.1. The fraction of sp³-hybridized carbons (Fsp3) is 0.500. The monoisotopic (exact) mass is 126 g/mol. The maximum absolute atomic E-state index is 8.55. The van der Waals surface area contributed by atoms with Crippen LogP contribution in [0.1, 0.15) is 0 Å². The molecule has 5 nitrogen and oxygen atoms in total. The van der Waals surface area contributed by atoms with E-state index >= 15 is 0 Å². The van der Waals surface area contributed by atoms with E-state index in [0.717, 1.165) is 0 Å². The number of rotatable bonds is 1. The molecular formula is C4H6N4O. The highest BCUT2D eigenvalue weighted by Gasteiger charge is 2.28. The third-order valence-electron chi connectivity index (χ3n) is 0.768. The molecule has 0 bridgehead atoms. The minimum atomic E-state index is -1.95. The largest absolute Gasteiger partial charge is 0.374 e. The average Bonchev–Trinajstić information content (AvgIpc) is 1.86. The van der Waals surface area contributed by atoms with Crippen LogP contribution in [-0.4, -0.2) is 16.9 Å². The molecule has 1 unspecified atom stereocenters. The molecule has 0 radical (unpaired) electrons. The summed E-state index contributed by atoms with van der Waals surface area (Å²) in [6.07, 6.45) is -1.64. The molecule has 0 aromatic carbocycles. The van der Waals surface area contributed by atoms with Crippen molar-refractivity contribution in [3.63, 3.8) is 0 Å². The molecule has 0 aromatic heterocycles. The number of hydrogen-bond acceptors (Lipinski definition) is 5. The van der Waals surface area contributed by atoms with Gasteiger partial charge in [0.15, 0.2) is 11.8 Å². The van der Waals surface area contributed by atoms with Crippen molar-refractivity contribution in [2.45, 2.75) is 11.8 Å². The molecule has 9 heavy (non-hydrogen) atoms. The van der Waals surface area contributed by atoms with Gasteiger partial charge in [-0.25, -0.2) is 0 Å². The molecule has 48 valence electrons. The third-order valence-corrected chi connectivity index (χ3v) is 0.768. The van der Waals surface area contributed by atoms with Gasteiger partial charge in [0.25, 0.3) is 0 Å².